The van der Waals surface area contributed by atoms with Crippen molar-refractivity contribution in [2.75, 3.05) is 46.0 Å². The van der Waals surface area contributed by atoms with Crippen LogP contribution in [-0.4, -0.2) is 88.3 Å². The molecule has 0 fully saturated rings. The van der Waals surface area contributed by atoms with Crippen molar-refractivity contribution in [1.29, 1.82) is 0 Å². The summed E-state index contributed by atoms with van der Waals surface area (Å²) in [6.45, 7) is 5.32. The highest BCUT2D eigenvalue weighted by atomic mass is 16.6. The molecule has 0 N–H and O–H groups in total. The molecule has 0 spiro atoms. The maximum Gasteiger partial charge on any atom is 0.267 e. The molecule has 11 nitrogen and oxygen atoms in total. The van der Waals surface area contributed by atoms with Gasteiger partial charge in [-0.1, -0.05) is 24.3 Å². The van der Waals surface area contributed by atoms with E-state index >= 15 is 0 Å². The number of nitrogens with zero attached hydrogens (tertiary/aromatic N) is 5. The van der Waals surface area contributed by atoms with Crippen LogP contribution in [0.25, 0.3) is 11.4 Å². The number of hydrogen-bond donors (Lipinski definition) is 0. The zero-order valence-electron chi connectivity index (χ0n) is 26.0. The molecule has 2 bridgehead atoms. The van der Waals surface area contributed by atoms with Gasteiger partial charge in [-0.15, -0.1) is 0 Å². The summed E-state index contributed by atoms with van der Waals surface area (Å²) in [7, 11) is 0. The predicted octanol–water partition coefficient (Wildman–Crippen LogP) is 4.72. The largest absolute Gasteiger partial charge is 0.492 e. The third-order valence-electron chi connectivity index (χ3n) is 8.04. The van der Waals surface area contributed by atoms with Gasteiger partial charge >= 0.3 is 0 Å². The first-order valence-corrected chi connectivity index (χ1v) is 15.9. The first-order chi connectivity index (χ1) is 22.6. The third kappa shape index (κ3) is 7.25. The lowest BCUT2D eigenvalue weighted by atomic mass is 10.2. The maximum absolute atomic E-state index is 13.8. The van der Waals surface area contributed by atoms with Gasteiger partial charge in [0.1, 0.15) is 30.4 Å². The molecule has 46 heavy (non-hydrogen) atoms. The molecule has 6 rings (SSSR count). The van der Waals surface area contributed by atoms with Crippen LogP contribution in [0, 0.1) is 0 Å². The molecule has 2 amide bonds. The van der Waals surface area contributed by atoms with Gasteiger partial charge in [0.2, 0.25) is 12.0 Å². The summed E-state index contributed by atoms with van der Waals surface area (Å²) in [6, 6.07) is 18.7. The predicted molar refractivity (Wildman–Crippen MR) is 171 cm³/mol. The van der Waals surface area contributed by atoms with Gasteiger partial charge in [-0.2, -0.15) is 0 Å². The molecule has 0 saturated heterocycles. The lowest BCUT2D eigenvalue weighted by molar-refractivity contribution is -0.141. The molecule has 4 heterocycles. The van der Waals surface area contributed by atoms with Crippen molar-refractivity contribution in [2.45, 2.75) is 38.8 Å². The average Bonchev–Trinajstić information content (AvgIpc) is 3.56. The number of fused-ring (bicyclic) bond motifs is 5. The first kappa shape index (κ1) is 30.9. The number of hydrogen-bond acceptors (Lipinski definition) is 8. The summed E-state index contributed by atoms with van der Waals surface area (Å²) in [5.41, 5.74) is 1.37. The molecule has 1 atom stereocenters. The van der Waals surface area contributed by atoms with Gasteiger partial charge in [0.05, 0.1) is 13.2 Å². The Bertz CT molecular complexity index is 1640. The van der Waals surface area contributed by atoms with E-state index < -0.39 is 6.10 Å². The topological polar surface area (TPSA) is 108 Å². The number of amides is 2. The van der Waals surface area contributed by atoms with Gasteiger partial charge in [0, 0.05) is 50.3 Å². The molecule has 11 heteroatoms. The van der Waals surface area contributed by atoms with E-state index in [0.717, 1.165) is 17.8 Å². The van der Waals surface area contributed by atoms with Crippen molar-refractivity contribution in [1.82, 2.24) is 24.3 Å². The standard InChI is InChI=1S/C35H39N5O6/c1-2-43-33-28(12-8-15-37-33)34(41)39-17-5-6-18-40(35(42)31-25-45-29-13-3-4-14-30(29)46-31)22-23-44-27-11-7-10-26(24-27)32-36-16-21-38(32)19-9-20-39/h3-4,7-8,10-16,21,24,31H,2,5-6,9,17-20,22-23,25H2,1H3. The van der Waals surface area contributed by atoms with E-state index in [0.29, 0.717) is 87.5 Å². The van der Waals surface area contributed by atoms with Crippen LogP contribution in [-0.2, 0) is 11.3 Å². The Labute approximate surface area is 268 Å². The number of imidazole rings is 1. The maximum atomic E-state index is 13.8. The summed E-state index contributed by atoms with van der Waals surface area (Å²) >= 11 is 0. The quantitative estimate of drug-likeness (QED) is 0.321. The SMILES string of the molecule is CCOc1ncccc1C(=O)N1CCCCN(C(=O)C2COc3ccccc3O2)CCOc2cccc(c2)-c2nccn2CCC1. The monoisotopic (exact) mass is 625 g/mol. The number of aromatic nitrogens is 3. The van der Waals surface area contributed by atoms with E-state index in [-0.39, 0.29) is 18.4 Å². The van der Waals surface area contributed by atoms with Gasteiger partial charge in [-0.05, 0) is 62.6 Å². The molecular formula is C35H39N5O6. The first-order valence-electron chi connectivity index (χ1n) is 15.9. The number of ether oxygens (including phenoxy) is 4. The molecule has 4 aromatic rings. The van der Waals surface area contributed by atoms with Crippen LogP contribution in [0.3, 0.4) is 0 Å². The van der Waals surface area contributed by atoms with Gasteiger partial charge in [0.25, 0.3) is 11.8 Å². The minimum absolute atomic E-state index is 0.124. The lowest BCUT2D eigenvalue weighted by Crippen LogP contribution is -2.48. The Balaban J connectivity index is 1.23. The van der Waals surface area contributed by atoms with Crippen LogP contribution < -0.4 is 18.9 Å². The second-order valence-electron chi connectivity index (χ2n) is 11.2. The molecule has 0 aliphatic carbocycles. The number of pyridine rings is 1. The van der Waals surface area contributed by atoms with Crippen molar-refractivity contribution in [2.24, 2.45) is 0 Å². The molecule has 1 unspecified atom stereocenters. The van der Waals surface area contributed by atoms with Crippen molar-refractivity contribution >= 4 is 11.8 Å². The molecule has 2 aliphatic rings. The zero-order chi connectivity index (χ0) is 31.7. The average molecular weight is 626 g/mol. The minimum Gasteiger partial charge on any atom is -0.492 e. The van der Waals surface area contributed by atoms with Gasteiger partial charge in [-0.3, -0.25) is 9.59 Å². The van der Waals surface area contributed by atoms with Crippen LogP contribution in [0.2, 0.25) is 0 Å². The van der Waals surface area contributed by atoms with E-state index in [9.17, 15) is 9.59 Å². The van der Waals surface area contributed by atoms with Crippen LogP contribution in [0.15, 0.2) is 79.3 Å². The fourth-order valence-electron chi connectivity index (χ4n) is 5.75. The number of aryl methyl sites for hydroxylation is 1. The van der Waals surface area contributed by atoms with Crippen molar-refractivity contribution in [3.8, 4) is 34.5 Å². The highest BCUT2D eigenvalue weighted by Crippen LogP contribution is 2.31. The van der Waals surface area contributed by atoms with E-state index in [1.165, 1.54) is 0 Å². The molecule has 2 aliphatic heterocycles. The molecular weight excluding hydrogens is 586 g/mol. The summed E-state index contributed by atoms with van der Waals surface area (Å²) in [5, 5.41) is 0. The lowest BCUT2D eigenvalue weighted by Gasteiger charge is -2.31. The molecule has 2 aromatic heterocycles. The summed E-state index contributed by atoms with van der Waals surface area (Å²) in [5.74, 6) is 2.77. The van der Waals surface area contributed by atoms with Crippen LogP contribution in [0.5, 0.6) is 23.1 Å². The van der Waals surface area contributed by atoms with Crippen LogP contribution >= 0.6 is 0 Å². The summed E-state index contributed by atoms with van der Waals surface area (Å²) in [4.78, 5) is 40.2. The number of carbonyl (C=O) groups is 2. The number of carbonyl (C=O) groups excluding carboxylic acids is 2. The van der Waals surface area contributed by atoms with E-state index in [4.69, 9.17) is 18.9 Å². The van der Waals surface area contributed by atoms with Crippen molar-refractivity contribution in [3.05, 3.63) is 84.8 Å². The molecule has 2 aromatic carbocycles. The van der Waals surface area contributed by atoms with E-state index in [1.807, 2.05) is 60.5 Å². The Morgan fingerprint density at radius 1 is 0.848 bits per heavy atom. The smallest absolute Gasteiger partial charge is 0.267 e. The van der Waals surface area contributed by atoms with Crippen LogP contribution in [0.1, 0.15) is 36.5 Å². The third-order valence-corrected chi connectivity index (χ3v) is 8.04. The number of rotatable bonds is 4. The highest BCUT2D eigenvalue weighted by molar-refractivity contribution is 5.96. The summed E-state index contributed by atoms with van der Waals surface area (Å²) in [6.07, 6.45) is 6.72. The molecule has 240 valence electrons. The minimum atomic E-state index is -0.758. The van der Waals surface area contributed by atoms with Crippen LogP contribution in [0.4, 0.5) is 0 Å². The Morgan fingerprint density at radius 2 is 1.67 bits per heavy atom. The van der Waals surface area contributed by atoms with Crippen molar-refractivity contribution in [3.63, 3.8) is 0 Å². The zero-order valence-corrected chi connectivity index (χ0v) is 26.0. The second-order valence-corrected chi connectivity index (χ2v) is 11.2. The Kier molecular flexibility index (Phi) is 9.97. The van der Waals surface area contributed by atoms with E-state index in [2.05, 4.69) is 14.5 Å². The molecule has 0 saturated carbocycles. The Morgan fingerprint density at radius 3 is 2.54 bits per heavy atom. The summed E-state index contributed by atoms with van der Waals surface area (Å²) < 4.78 is 25.8. The number of benzene rings is 2. The number of para-hydroxylation sites is 2. The normalized spacial score (nSPS) is 17.3. The van der Waals surface area contributed by atoms with Gasteiger partial charge in [0.15, 0.2) is 11.5 Å². The van der Waals surface area contributed by atoms with Crippen molar-refractivity contribution < 1.29 is 28.5 Å². The second kappa shape index (κ2) is 14.8. The Hall–Kier alpha value is -5.06. The fourth-order valence-corrected chi connectivity index (χ4v) is 5.75. The fraction of sp³-hybridized carbons (Fsp3) is 0.371. The van der Waals surface area contributed by atoms with E-state index in [1.54, 1.807) is 35.5 Å². The van der Waals surface area contributed by atoms with Gasteiger partial charge < -0.3 is 33.3 Å². The highest BCUT2D eigenvalue weighted by Gasteiger charge is 2.31. The molecule has 0 radical (unpaired) electrons. The van der Waals surface area contributed by atoms with Gasteiger partial charge in [-0.25, -0.2) is 9.97 Å².